The molecule has 0 aromatic carbocycles. The Morgan fingerprint density at radius 2 is 1.03 bits per heavy atom. The summed E-state index contributed by atoms with van der Waals surface area (Å²) in [5.74, 6) is 0. The normalized spacial score (nSPS) is 12.2. The molecular weight excluding hydrogens is 594 g/mol. The van der Waals surface area contributed by atoms with Gasteiger partial charge in [-0.15, -0.1) is 0 Å². The van der Waals surface area contributed by atoms with E-state index in [1.165, 1.54) is 0 Å². The molecule has 0 aliphatic heterocycles. The van der Waals surface area contributed by atoms with Crippen molar-refractivity contribution in [2.75, 3.05) is 13.2 Å². The molecule has 0 spiro atoms. The summed E-state index contributed by atoms with van der Waals surface area (Å²) in [5.41, 5.74) is 0. The first-order chi connectivity index (χ1) is 14.5. The van der Waals surface area contributed by atoms with E-state index in [1.54, 1.807) is 0 Å². The molecule has 0 saturated carbocycles. The van der Waals surface area contributed by atoms with Gasteiger partial charge < -0.3 is 0 Å². The summed E-state index contributed by atoms with van der Waals surface area (Å²) in [4.78, 5) is 12.6. The molecule has 0 rings (SSSR count). The van der Waals surface area contributed by atoms with Crippen molar-refractivity contribution < 1.29 is 17.1 Å². The summed E-state index contributed by atoms with van der Waals surface area (Å²) >= 11 is -7.04. The summed E-state index contributed by atoms with van der Waals surface area (Å²) < 4.78 is 29.5. The summed E-state index contributed by atoms with van der Waals surface area (Å²) in [6.07, 6.45) is 10.2. The zero-order chi connectivity index (χ0) is 22.7. The zero-order valence-corrected chi connectivity index (χ0v) is 26.6. The average Bonchev–Trinajstić information content (AvgIpc) is 2.75. The number of ether oxygens (including phenoxy) is 1. The number of carbonyl (C=O) groups is 1. The van der Waals surface area contributed by atoms with Gasteiger partial charge >= 0.3 is 198 Å². The van der Waals surface area contributed by atoms with Crippen molar-refractivity contribution in [1.82, 2.24) is 0 Å². The molecule has 0 radical (unpaired) electrons. The molecule has 30 heavy (non-hydrogen) atoms. The third kappa shape index (κ3) is 13.4. The molecule has 0 unspecified atom stereocenters. The predicted molar refractivity (Wildman–Crippen MR) is 130 cm³/mol. The minimum atomic E-state index is -3.68. The van der Waals surface area contributed by atoms with Crippen LogP contribution in [0, 0.1) is 0 Å². The summed E-state index contributed by atoms with van der Waals surface area (Å²) in [5, 5.41) is 0. The van der Waals surface area contributed by atoms with Crippen LogP contribution in [-0.2, 0) is 12.3 Å². The number of unbranched alkanes of at least 4 members (excludes halogenated alkanes) is 4. The van der Waals surface area contributed by atoms with Crippen LogP contribution in [0.5, 0.6) is 0 Å². The van der Waals surface area contributed by atoms with Crippen LogP contribution < -0.4 is 0 Å². The van der Waals surface area contributed by atoms with Gasteiger partial charge in [-0.05, 0) is 0 Å². The molecule has 0 aromatic rings. The summed E-state index contributed by atoms with van der Waals surface area (Å²) in [6, 6.07) is 0. The van der Waals surface area contributed by atoms with E-state index < -0.39 is 44.6 Å². The Balaban J connectivity index is 5.90. The Morgan fingerprint density at radius 1 is 0.600 bits per heavy atom. The van der Waals surface area contributed by atoms with Crippen LogP contribution in [0.15, 0.2) is 0 Å². The van der Waals surface area contributed by atoms with Gasteiger partial charge in [-0.2, -0.15) is 0 Å². The van der Waals surface area contributed by atoms with Crippen LogP contribution in [-0.4, -0.2) is 57.8 Å². The third-order valence-electron chi connectivity index (χ3n) is 5.28. The van der Waals surface area contributed by atoms with Crippen molar-refractivity contribution in [3.63, 3.8) is 0 Å². The molecule has 0 heterocycles. The Hall–Kier alpha value is 0.787. The molecule has 0 aliphatic rings. The van der Waals surface area contributed by atoms with Gasteiger partial charge in [-0.25, -0.2) is 0 Å². The Kier molecular flexibility index (Phi) is 19.8. The van der Waals surface area contributed by atoms with Crippen molar-refractivity contribution in [1.29, 1.82) is 0 Å². The molecular formula is C23H50O5Sn2. The van der Waals surface area contributed by atoms with E-state index in [1.807, 2.05) is 6.92 Å². The second kappa shape index (κ2) is 19.3. The monoisotopic (exact) mass is 646 g/mol. The SMILES string of the molecule is CCC[CH2][Sn]([CH2]CCC)([O]CCC)[O][Sn]([CH2]CCC)([CH2]CCC)[O]C(=O)OCCC. The summed E-state index contributed by atoms with van der Waals surface area (Å²) in [6.45, 7) is 14.2. The molecule has 0 bridgehead atoms. The van der Waals surface area contributed by atoms with E-state index in [9.17, 15) is 4.79 Å². The van der Waals surface area contributed by atoms with E-state index in [2.05, 4.69) is 34.6 Å². The van der Waals surface area contributed by atoms with E-state index in [4.69, 9.17) is 12.3 Å². The molecule has 0 N–H and O–H groups in total. The molecule has 7 heteroatoms. The van der Waals surface area contributed by atoms with Gasteiger partial charge in [0.05, 0.1) is 0 Å². The summed E-state index contributed by atoms with van der Waals surface area (Å²) in [7, 11) is 0. The molecule has 5 nitrogen and oxygen atoms in total. The molecule has 0 fully saturated rings. The first-order valence-corrected chi connectivity index (χ1v) is 25.4. The van der Waals surface area contributed by atoms with Crippen LogP contribution in [0.4, 0.5) is 4.79 Å². The number of hydrogen-bond donors (Lipinski definition) is 0. The fraction of sp³-hybridized carbons (Fsp3) is 0.957. The fourth-order valence-corrected chi connectivity index (χ4v) is 45.3. The van der Waals surface area contributed by atoms with Crippen LogP contribution in [0.2, 0.25) is 17.7 Å². The second-order valence-electron chi connectivity index (χ2n) is 8.39. The van der Waals surface area contributed by atoms with Crippen LogP contribution in [0.25, 0.3) is 0 Å². The van der Waals surface area contributed by atoms with Gasteiger partial charge in [0.25, 0.3) is 0 Å². The Bertz CT molecular complexity index is 391. The minimum absolute atomic E-state index is 0.411. The van der Waals surface area contributed by atoms with Gasteiger partial charge in [0, 0.05) is 0 Å². The van der Waals surface area contributed by atoms with Crippen molar-refractivity contribution in [3.8, 4) is 0 Å². The Labute approximate surface area is 197 Å². The van der Waals surface area contributed by atoms with Crippen molar-refractivity contribution in [2.45, 2.75) is 123 Å². The van der Waals surface area contributed by atoms with E-state index >= 15 is 0 Å². The van der Waals surface area contributed by atoms with Gasteiger partial charge in [0.15, 0.2) is 0 Å². The standard InChI is InChI=1S/C4H8O3.4C4H9.C3H7O.O.2Sn/c1-2-3-7-4(5)6;4*1-3-4-2;1-2-3-4;;;/h2-3H2,1H3,(H,5,6);4*1,3-4H2,2H3;2-3H2,1H3;;;/q;;;;;-1;;2*+1/p-1. The van der Waals surface area contributed by atoms with Crippen LogP contribution in [0.1, 0.15) is 106 Å². The predicted octanol–water partition coefficient (Wildman–Crippen LogP) is 8.08. The van der Waals surface area contributed by atoms with Crippen molar-refractivity contribution in [3.05, 3.63) is 0 Å². The maximum absolute atomic E-state index is 12.6. The quantitative estimate of drug-likeness (QED) is 0.0992. The molecule has 0 aliphatic carbocycles. The van der Waals surface area contributed by atoms with Crippen LogP contribution >= 0.6 is 0 Å². The van der Waals surface area contributed by atoms with E-state index in [0.717, 1.165) is 88.6 Å². The Morgan fingerprint density at radius 3 is 1.43 bits per heavy atom. The van der Waals surface area contributed by atoms with Crippen molar-refractivity contribution >= 4 is 44.6 Å². The topological polar surface area (TPSA) is 54.0 Å². The van der Waals surface area contributed by atoms with Gasteiger partial charge in [-0.1, -0.05) is 0 Å². The average molecular weight is 644 g/mol. The maximum atomic E-state index is 12.6. The van der Waals surface area contributed by atoms with Gasteiger partial charge in [-0.3, -0.25) is 0 Å². The number of carbonyl (C=O) groups excluding carboxylic acids is 1. The van der Waals surface area contributed by atoms with Crippen molar-refractivity contribution in [2.24, 2.45) is 0 Å². The fourth-order valence-electron chi connectivity index (χ4n) is 3.53. The molecule has 180 valence electrons. The van der Waals surface area contributed by atoms with E-state index in [-0.39, 0.29) is 0 Å². The molecule has 0 saturated heterocycles. The third-order valence-corrected chi connectivity index (χ3v) is 38.0. The van der Waals surface area contributed by atoms with Gasteiger partial charge in [0.1, 0.15) is 0 Å². The molecule has 0 aromatic heterocycles. The first kappa shape index (κ1) is 30.8. The molecule has 0 amide bonds. The van der Waals surface area contributed by atoms with E-state index in [0.29, 0.717) is 6.61 Å². The number of hydrogen-bond acceptors (Lipinski definition) is 5. The first-order valence-electron chi connectivity index (χ1n) is 12.7. The van der Waals surface area contributed by atoms with Crippen LogP contribution in [0.3, 0.4) is 0 Å². The second-order valence-corrected chi connectivity index (χ2v) is 30.4. The zero-order valence-electron chi connectivity index (χ0n) is 20.9. The number of rotatable bonds is 20. The van der Waals surface area contributed by atoms with Gasteiger partial charge in [0.2, 0.25) is 0 Å². The molecule has 0 atom stereocenters.